The van der Waals surface area contributed by atoms with Crippen LogP contribution in [0.5, 0.6) is 0 Å². The van der Waals surface area contributed by atoms with Gasteiger partial charge in [-0.2, -0.15) is 0 Å². The Morgan fingerprint density at radius 2 is 2.10 bits per heavy atom. The van der Waals surface area contributed by atoms with Crippen molar-refractivity contribution in [1.82, 2.24) is 20.1 Å². The molecule has 1 N–H and O–H groups in total. The van der Waals surface area contributed by atoms with E-state index in [0.717, 1.165) is 48.6 Å². The second-order valence-corrected chi connectivity index (χ2v) is 9.88. The second kappa shape index (κ2) is 9.10. The normalized spacial score (nSPS) is 19.5. The molecule has 2 fully saturated rings. The molecule has 6 nitrogen and oxygen atoms in total. The van der Waals surface area contributed by atoms with E-state index in [0.29, 0.717) is 11.7 Å². The molecule has 0 bridgehead atoms. The summed E-state index contributed by atoms with van der Waals surface area (Å²) in [4.78, 5) is 14.1. The highest BCUT2D eigenvalue weighted by Crippen LogP contribution is 2.38. The van der Waals surface area contributed by atoms with Crippen LogP contribution in [-0.4, -0.2) is 39.4 Å². The summed E-state index contributed by atoms with van der Waals surface area (Å²) in [6.07, 6.45) is 4.16. The number of carbonyl (C=O) groups excluding carboxylic acids is 1. The van der Waals surface area contributed by atoms with Crippen LogP contribution < -0.4 is 5.32 Å². The Morgan fingerprint density at radius 3 is 2.77 bits per heavy atom. The number of ether oxygens (including phenoxy) is 1. The average Bonchev–Trinajstić information content (AvgIpc) is 3.19. The summed E-state index contributed by atoms with van der Waals surface area (Å²) in [6, 6.07) is 10.4. The van der Waals surface area contributed by atoms with Gasteiger partial charge in [-0.25, -0.2) is 4.39 Å². The van der Waals surface area contributed by atoms with Gasteiger partial charge in [-0.15, -0.1) is 21.5 Å². The number of amides is 1. The van der Waals surface area contributed by atoms with E-state index in [1.54, 1.807) is 23.5 Å². The van der Waals surface area contributed by atoms with Crippen molar-refractivity contribution in [3.05, 3.63) is 53.2 Å². The number of halogens is 1. The van der Waals surface area contributed by atoms with Gasteiger partial charge in [0, 0.05) is 12.6 Å². The number of thiophene rings is 1. The molecule has 1 saturated carbocycles. The molecule has 162 valence electrons. The van der Waals surface area contributed by atoms with Gasteiger partial charge < -0.3 is 10.1 Å². The number of hydrogen-bond donors (Lipinski definition) is 1. The summed E-state index contributed by atoms with van der Waals surface area (Å²) in [7, 11) is 0. The molecule has 1 aromatic carbocycles. The van der Waals surface area contributed by atoms with E-state index < -0.39 is 5.25 Å². The lowest BCUT2D eigenvalue weighted by atomic mass is 10.1. The van der Waals surface area contributed by atoms with E-state index in [2.05, 4.69) is 20.1 Å². The number of hydrogen-bond acceptors (Lipinski definition) is 6. The van der Waals surface area contributed by atoms with Gasteiger partial charge in [-0.05, 0) is 54.8 Å². The zero-order valence-corrected chi connectivity index (χ0v) is 18.5. The Labute approximate surface area is 188 Å². The Hall–Kier alpha value is -2.23. The van der Waals surface area contributed by atoms with Crippen molar-refractivity contribution in [2.24, 2.45) is 0 Å². The van der Waals surface area contributed by atoms with Gasteiger partial charge in [0.05, 0.1) is 17.5 Å². The molecule has 2 aromatic heterocycles. The molecule has 9 heteroatoms. The van der Waals surface area contributed by atoms with Crippen molar-refractivity contribution in [3.8, 4) is 10.7 Å². The van der Waals surface area contributed by atoms with Gasteiger partial charge in [0.2, 0.25) is 5.91 Å². The predicted molar refractivity (Wildman–Crippen MR) is 118 cm³/mol. The SMILES string of the molecule is O=C(NC1CC1)C(Sc1nnc(-c2cccs2)n1CC1CCCO1)c1ccc(F)cc1. The van der Waals surface area contributed by atoms with E-state index in [1.165, 1.54) is 23.9 Å². The molecule has 5 rings (SSSR count). The van der Waals surface area contributed by atoms with E-state index >= 15 is 0 Å². The second-order valence-electron chi connectivity index (χ2n) is 7.86. The van der Waals surface area contributed by atoms with Crippen LogP contribution in [0.15, 0.2) is 46.9 Å². The first-order chi connectivity index (χ1) is 15.2. The third kappa shape index (κ3) is 4.83. The summed E-state index contributed by atoms with van der Waals surface area (Å²) < 4.78 is 21.4. The first kappa shape index (κ1) is 20.7. The minimum Gasteiger partial charge on any atom is -0.376 e. The molecule has 2 unspecified atom stereocenters. The Morgan fingerprint density at radius 1 is 1.26 bits per heavy atom. The number of nitrogens with one attached hydrogen (secondary N) is 1. The minimum atomic E-state index is -0.537. The molecule has 3 aromatic rings. The largest absolute Gasteiger partial charge is 0.376 e. The summed E-state index contributed by atoms with van der Waals surface area (Å²) in [5, 5.41) is 14.1. The number of benzene rings is 1. The quantitative estimate of drug-likeness (QED) is 0.506. The Balaban J connectivity index is 1.47. The molecule has 1 aliphatic heterocycles. The van der Waals surface area contributed by atoms with Crippen molar-refractivity contribution in [1.29, 1.82) is 0 Å². The Bertz CT molecular complexity index is 1030. The summed E-state index contributed by atoms with van der Waals surface area (Å²) >= 11 is 2.96. The number of aromatic nitrogens is 3. The molecule has 1 amide bonds. The van der Waals surface area contributed by atoms with E-state index in [-0.39, 0.29) is 23.9 Å². The van der Waals surface area contributed by atoms with Crippen molar-refractivity contribution in [2.75, 3.05) is 6.61 Å². The highest BCUT2D eigenvalue weighted by Gasteiger charge is 2.31. The van der Waals surface area contributed by atoms with Crippen LogP contribution in [0, 0.1) is 5.82 Å². The lowest BCUT2D eigenvalue weighted by Gasteiger charge is -2.19. The standard InChI is InChI=1S/C22H23FN4O2S2/c23-15-7-5-14(6-8-15)19(21(28)24-16-9-10-16)31-22-26-25-20(18-4-2-12-30-18)27(22)13-17-3-1-11-29-17/h2,4-8,12,16-17,19H,1,3,9-11,13H2,(H,24,28). The van der Waals surface area contributed by atoms with Crippen LogP contribution in [0.4, 0.5) is 4.39 Å². The van der Waals surface area contributed by atoms with Gasteiger partial charge in [0.1, 0.15) is 11.1 Å². The third-order valence-corrected chi connectivity index (χ3v) is 7.53. The molecule has 1 saturated heterocycles. The smallest absolute Gasteiger partial charge is 0.238 e. The number of nitrogens with zero attached hydrogens (tertiary/aromatic N) is 3. The molecule has 2 atom stereocenters. The maximum absolute atomic E-state index is 13.5. The summed E-state index contributed by atoms with van der Waals surface area (Å²) in [6.45, 7) is 1.41. The van der Waals surface area contributed by atoms with Gasteiger partial charge >= 0.3 is 0 Å². The van der Waals surface area contributed by atoms with Crippen LogP contribution in [0.25, 0.3) is 10.7 Å². The zero-order valence-electron chi connectivity index (χ0n) is 16.9. The fraction of sp³-hybridized carbons (Fsp3) is 0.409. The molecule has 1 aliphatic carbocycles. The van der Waals surface area contributed by atoms with Crippen molar-refractivity contribution >= 4 is 29.0 Å². The minimum absolute atomic E-state index is 0.0801. The van der Waals surface area contributed by atoms with Crippen LogP contribution in [-0.2, 0) is 16.1 Å². The van der Waals surface area contributed by atoms with Gasteiger partial charge in [-0.3, -0.25) is 9.36 Å². The fourth-order valence-corrected chi connectivity index (χ4v) is 5.41. The first-order valence-corrected chi connectivity index (χ1v) is 12.2. The average molecular weight is 459 g/mol. The van der Waals surface area contributed by atoms with Crippen LogP contribution in [0.3, 0.4) is 0 Å². The Kier molecular flexibility index (Phi) is 6.06. The summed E-state index contributed by atoms with van der Waals surface area (Å²) in [5.41, 5.74) is 0.744. The van der Waals surface area contributed by atoms with Crippen molar-refractivity contribution in [2.45, 2.75) is 54.8 Å². The zero-order chi connectivity index (χ0) is 21.2. The third-order valence-electron chi connectivity index (χ3n) is 5.43. The van der Waals surface area contributed by atoms with E-state index in [1.807, 2.05) is 17.5 Å². The topological polar surface area (TPSA) is 69.0 Å². The number of thioether (sulfide) groups is 1. The molecule has 0 spiro atoms. The van der Waals surface area contributed by atoms with Gasteiger partial charge in [0.15, 0.2) is 11.0 Å². The van der Waals surface area contributed by atoms with Crippen LogP contribution >= 0.6 is 23.1 Å². The molecule has 0 radical (unpaired) electrons. The maximum atomic E-state index is 13.5. The molecule has 31 heavy (non-hydrogen) atoms. The van der Waals surface area contributed by atoms with E-state index in [9.17, 15) is 9.18 Å². The molecular formula is C22H23FN4O2S2. The molecule has 2 aliphatic rings. The lowest BCUT2D eigenvalue weighted by Crippen LogP contribution is -2.30. The molecule has 3 heterocycles. The lowest BCUT2D eigenvalue weighted by molar-refractivity contribution is -0.120. The molecular weight excluding hydrogens is 435 g/mol. The number of rotatable bonds is 8. The number of carbonyl (C=O) groups is 1. The highest BCUT2D eigenvalue weighted by atomic mass is 32.2. The van der Waals surface area contributed by atoms with Gasteiger partial charge in [0.25, 0.3) is 0 Å². The van der Waals surface area contributed by atoms with Crippen molar-refractivity contribution < 1.29 is 13.9 Å². The van der Waals surface area contributed by atoms with Crippen molar-refractivity contribution in [3.63, 3.8) is 0 Å². The van der Waals surface area contributed by atoms with Crippen LogP contribution in [0.2, 0.25) is 0 Å². The van der Waals surface area contributed by atoms with Crippen LogP contribution in [0.1, 0.15) is 36.5 Å². The monoisotopic (exact) mass is 458 g/mol. The van der Waals surface area contributed by atoms with Gasteiger partial charge in [-0.1, -0.05) is 30.0 Å². The fourth-order valence-electron chi connectivity index (χ4n) is 3.64. The first-order valence-electron chi connectivity index (χ1n) is 10.5. The predicted octanol–water partition coefficient (Wildman–Crippen LogP) is 4.44. The maximum Gasteiger partial charge on any atom is 0.238 e. The highest BCUT2D eigenvalue weighted by molar-refractivity contribution is 8.00. The summed E-state index contributed by atoms with van der Waals surface area (Å²) in [5.74, 6) is 0.383. The van der Waals surface area contributed by atoms with E-state index in [4.69, 9.17) is 4.74 Å².